The van der Waals surface area contributed by atoms with E-state index >= 15 is 0 Å². The van der Waals surface area contributed by atoms with Crippen LogP contribution in [0, 0.1) is 11.3 Å². The Labute approximate surface area is 91.8 Å². The Morgan fingerprint density at radius 2 is 1.67 bits per heavy atom. The van der Waals surface area contributed by atoms with E-state index in [2.05, 4.69) is 0 Å². The van der Waals surface area contributed by atoms with Gasteiger partial charge in [0.25, 0.3) is 0 Å². The van der Waals surface area contributed by atoms with Crippen molar-refractivity contribution < 1.29 is 9.59 Å². The van der Waals surface area contributed by atoms with Crippen LogP contribution in [0.2, 0.25) is 0 Å². The molecule has 0 aromatic heterocycles. The minimum Gasteiger partial charge on any atom is -0.342 e. The summed E-state index contributed by atoms with van der Waals surface area (Å²) in [5.41, 5.74) is -0.201. The number of carbonyl (C=O) groups excluding carboxylic acids is 2. The van der Waals surface area contributed by atoms with Gasteiger partial charge in [-0.05, 0) is 19.8 Å². The highest BCUT2D eigenvalue weighted by Crippen LogP contribution is 2.32. The van der Waals surface area contributed by atoms with Crippen LogP contribution in [0.1, 0.15) is 40.5 Å². The lowest BCUT2D eigenvalue weighted by Gasteiger charge is -2.38. The summed E-state index contributed by atoms with van der Waals surface area (Å²) in [5.74, 6) is 0.520. The number of rotatable bonds is 2. The molecule has 0 aliphatic carbocycles. The van der Waals surface area contributed by atoms with Crippen molar-refractivity contribution in [3.8, 4) is 0 Å². The summed E-state index contributed by atoms with van der Waals surface area (Å²) in [6.07, 6.45) is 1.61. The highest BCUT2D eigenvalue weighted by Gasteiger charge is 2.35. The van der Waals surface area contributed by atoms with E-state index in [-0.39, 0.29) is 23.0 Å². The number of Topliss-reactive ketones (excluding diaryl/α,β-unsaturated/α-hetero) is 1. The van der Waals surface area contributed by atoms with Crippen molar-refractivity contribution in [2.24, 2.45) is 11.3 Å². The molecule has 0 atom stereocenters. The molecule has 0 aromatic carbocycles. The Balaban J connectivity index is 2.56. The van der Waals surface area contributed by atoms with Crippen LogP contribution in [0.3, 0.4) is 0 Å². The second-order valence-corrected chi connectivity index (χ2v) is 5.10. The van der Waals surface area contributed by atoms with E-state index in [1.807, 2.05) is 25.7 Å². The third kappa shape index (κ3) is 2.58. The molecule has 1 heterocycles. The average molecular weight is 211 g/mol. The number of piperidine rings is 1. The van der Waals surface area contributed by atoms with Crippen LogP contribution in [-0.2, 0) is 9.59 Å². The minimum absolute atomic E-state index is 0.0617. The predicted molar refractivity (Wildman–Crippen MR) is 59.4 cm³/mol. The summed E-state index contributed by atoms with van der Waals surface area (Å²) < 4.78 is 0. The van der Waals surface area contributed by atoms with E-state index in [9.17, 15) is 9.59 Å². The van der Waals surface area contributed by atoms with Gasteiger partial charge in [0.15, 0.2) is 0 Å². The highest BCUT2D eigenvalue weighted by molar-refractivity contribution is 5.83. The second kappa shape index (κ2) is 4.33. The van der Waals surface area contributed by atoms with Crippen molar-refractivity contribution >= 4 is 11.7 Å². The molecule has 0 bridgehead atoms. The molecule has 1 rings (SSSR count). The van der Waals surface area contributed by atoms with Gasteiger partial charge >= 0.3 is 0 Å². The first kappa shape index (κ1) is 12.2. The lowest BCUT2D eigenvalue weighted by Crippen LogP contribution is -2.45. The molecule has 1 aliphatic heterocycles. The van der Waals surface area contributed by atoms with Gasteiger partial charge in [0.2, 0.25) is 5.91 Å². The number of nitrogens with zero attached hydrogens (tertiary/aromatic N) is 1. The van der Waals surface area contributed by atoms with Crippen LogP contribution in [0.5, 0.6) is 0 Å². The molecule has 86 valence electrons. The minimum atomic E-state index is -0.201. The largest absolute Gasteiger partial charge is 0.342 e. The number of hydrogen-bond acceptors (Lipinski definition) is 2. The van der Waals surface area contributed by atoms with Crippen LogP contribution in [0.15, 0.2) is 0 Å². The van der Waals surface area contributed by atoms with Crippen molar-refractivity contribution in [3.63, 3.8) is 0 Å². The van der Waals surface area contributed by atoms with Gasteiger partial charge in [-0.1, -0.05) is 20.8 Å². The SMILES string of the molecule is CC(=O)C1(C)CCN(C(=O)C(C)C)CC1. The maximum Gasteiger partial charge on any atom is 0.225 e. The molecule has 1 saturated heterocycles. The van der Waals surface area contributed by atoms with Gasteiger partial charge in [-0.2, -0.15) is 0 Å². The van der Waals surface area contributed by atoms with E-state index in [1.165, 1.54) is 0 Å². The molecule has 3 heteroatoms. The maximum absolute atomic E-state index is 11.7. The van der Waals surface area contributed by atoms with Crippen LogP contribution in [-0.4, -0.2) is 29.7 Å². The summed E-state index contributed by atoms with van der Waals surface area (Å²) in [7, 11) is 0. The molecule has 0 unspecified atom stereocenters. The molecule has 15 heavy (non-hydrogen) atoms. The van der Waals surface area contributed by atoms with Gasteiger partial charge in [-0.3, -0.25) is 9.59 Å². The fraction of sp³-hybridized carbons (Fsp3) is 0.833. The second-order valence-electron chi connectivity index (χ2n) is 5.10. The number of ketones is 1. The molecule has 0 N–H and O–H groups in total. The van der Waals surface area contributed by atoms with Crippen molar-refractivity contribution in [3.05, 3.63) is 0 Å². The van der Waals surface area contributed by atoms with Gasteiger partial charge in [-0.25, -0.2) is 0 Å². The monoisotopic (exact) mass is 211 g/mol. The van der Waals surface area contributed by atoms with Crippen LogP contribution in [0.4, 0.5) is 0 Å². The van der Waals surface area contributed by atoms with Crippen LogP contribution in [0.25, 0.3) is 0 Å². The summed E-state index contributed by atoms with van der Waals surface area (Å²) in [6.45, 7) is 8.95. The molecular weight excluding hydrogens is 190 g/mol. The fourth-order valence-electron chi connectivity index (χ4n) is 1.94. The van der Waals surface area contributed by atoms with Crippen LogP contribution >= 0.6 is 0 Å². The van der Waals surface area contributed by atoms with Gasteiger partial charge in [0, 0.05) is 24.4 Å². The van der Waals surface area contributed by atoms with Gasteiger partial charge in [0.05, 0.1) is 0 Å². The van der Waals surface area contributed by atoms with Crippen molar-refractivity contribution in [1.82, 2.24) is 4.90 Å². The molecule has 0 spiro atoms. The number of carbonyl (C=O) groups is 2. The molecule has 0 saturated carbocycles. The van der Waals surface area contributed by atoms with E-state index in [0.717, 1.165) is 25.9 Å². The van der Waals surface area contributed by atoms with E-state index in [0.29, 0.717) is 0 Å². The Morgan fingerprint density at radius 3 is 2.00 bits per heavy atom. The fourth-order valence-corrected chi connectivity index (χ4v) is 1.94. The molecule has 0 aromatic rings. The van der Waals surface area contributed by atoms with Crippen molar-refractivity contribution in [2.75, 3.05) is 13.1 Å². The first-order chi connectivity index (χ1) is 6.87. The zero-order chi connectivity index (χ0) is 11.6. The first-order valence-corrected chi connectivity index (χ1v) is 5.66. The quantitative estimate of drug-likeness (QED) is 0.699. The normalized spacial score (nSPS) is 20.5. The molecule has 1 aliphatic rings. The Bertz CT molecular complexity index is 263. The maximum atomic E-state index is 11.7. The zero-order valence-electron chi connectivity index (χ0n) is 10.2. The lowest BCUT2D eigenvalue weighted by molar-refractivity contribution is -0.140. The summed E-state index contributed by atoms with van der Waals surface area (Å²) in [6, 6.07) is 0. The molecule has 1 amide bonds. The number of likely N-dealkylation sites (tertiary alicyclic amines) is 1. The van der Waals surface area contributed by atoms with E-state index < -0.39 is 0 Å². The summed E-state index contributed by atoms with van der Waals surface area (Å²) in [5, 5.41) is 0. The third-order valence-corrected chi connectivity index (χ3v) is 3.52. The highest BCUT2D eigenvalue weighted by atomic mass is 16.2. The Kier molecular flexibility index (Phi) is 3.53. The Hall–Kier alpha value is -0.860. The molecule has 1 fully saturated rings. The first-order valence-electron chi connectivity index (χ1n) is 5.66. The lowest BCUT2D eigenvalue weighted by atomic mass is 9.77. The van der Waals surface area contributed by atoms with Crippen LogP contribution < -0.4 is 0 Å². The molecule has 3 nitrogen and oxygen atoms in total. The molecule has 0 radical (unpaired) electrons. The topological polar surface area (TPSA) is 37.4 Å². The summed E-state index contributed by atoms with van der Waals surface area (Å²) >= 11 is 0. The van der Waals surface area contributed by atoms with E-state index in [1.54, 1.807) is 6.92 Å². The van der Waals surface area contributed by atoms with Crippen molar-refractivity contribution in [2.45, 2.75) is 40.5 Å². The standard InChI is InChI=1S/C12H21NO2/c1-9(2)11(15)13-7-5-12(4,6-8-13)10(3)14/h9H,5-8H2,1-4H3. The summed E-state index contributed by atoms with van der Waals surface area (Å²) in [4.78, 5) is 25.0. The smallest absolute Gasteiger partial charge is 0.225 e. The van der Waals surface area contributed by atoms with Gasteiger partial charge in [-0.15, -0.1) is 0 Å². The average Bonchev–Trinajstić information content (AvgIpc) is 2.17. The third-order valence-electron chi connectivity index (χ3n) is 3.52. The van der Waals surface area contributed by atoms with Gasteiger partial charge < -0.3 is 4.90 Å². The Morgan fingerprint density at radius 1 is 1.20 bits per heavy atom. The number of hydrogen-bond donors (Lipinski definition) is 0. The van der Waals surface area contributed by atoms with Crippen molar-refractivity contribution in [1.29, 1.82) is 0 Å². The predicted octanol–water partition coefficient (Wildman–Crippen LogP) is 1.86. The zero-order valence-corrected chi connectivity index (χ0v) is 10.2. The number of amides is 1. The van der Waals surface area contributed by atoms with Gasteiger partial charge in [0.1, 0.15) is 5.78 Å². The molecular formula is C12H21NO2. The van der Waals surface area contributed by atoms with E-state index in [4.69, 9.17) is 0 Å².